The number of fused-ring (bicyclic) bond motifs is 7. The molecule has 1 aliphatic rings. The minimum atomic E-state index is 0.00283. The van der Waals surface area contributed by atoms with Crippen molar-refractivity contribution in [3.8, 4) is 16.8 Å². The molecule has 0 amide bonds. The number of hydrogen-bond acceptors (Lipinski definition) is 0. The first-order valence-electron chi connectivity index (χ1n) is 10.3. The number of aryl methyl sites for hydroxylation is 1. The van der Waals surface area contributed by atoms with Crippen molar-refractivity contribution in [1.29, 1.82) is 0 Å². The molecule has 4 aromatic carbocycles. The average Bonchev–Trinajstić information content (AvgIpc) is 3.20. The molecule has 0 fully saturated rings. The maximum atomic E-state index is 2.47. The lowest BCUT2D eigenvalue weighted by Gasteiger charge is -2.22. The molecule has 1 aliphatic carbocycles. The van der Waals surface area contributed by atoms with Crippen LogP contribution in [0.15, 0.2) is 84.9 Å². The van der Waals surface area contributed by atoms with Crippen molar-refractivity contribution in [1.82, 2.24) is 4.57 Å². The van der Waals surface area contributed by atoms with Crippen molar-refractivity contribution in [3.63, 3.8) is 0 Å². The van der Waals surface area contributed by atoms with Crippen LogP contribution < -0.4 is 0 Å². The van der Waals surface area contributed by atoms with Crippen molar-refractivity contribution in [2.75, 3.05) is 0 Å². The molecule has 0 N–H and O–H groups in total. The molecule has 0 saturated heterocycles. The summed E-state index contributed by atoms with van der Waals surface area (Å²) in [5.74, 6) is 0. The van der Waals surface area contributed by atoms with Crippen molar-refractivity contribution in [2.24, 2.45) is 0 Å². The van der Waals surface area contributed by atoms with Crippen LogP contribution in [0.2, 0.25) is 0 Å². The molecule has 0 radical (unpaired) electrons. The fourth-order valence-corrected chi connectivity index (χ4v) is 5.37. The second-order valence-corrected chi connectivity index (χ2v) is 8.70. The molecule has 1 heteroatoms. The number of hydrogen-bond donors (Lipinski definition) is 0. The first-order valence-corrected chi connectivity index (χ1v) is 10.3. The predicted molar refractivity (Wildman–Crippen MR) is 123 cm³/mol. The molecule has 0 saturated carbocycles. The molecule has 29 heavy (non-hydrogen) atoms. The number of nitrogens with zero attached hydrogens (tertiary/aromatic N) is 1. The normalized spacial score (nSPS) is 14.3. The Balaban J connectivity index is 1.92. The van der Waals surface area contributed by atoms with Gasteiger partial charge in [0.05, 0.1) is 11.0 Å². The number of aromatic nitrogens is 1. The Labute approximate surface area is 171 Å². The first-order chi connectivity index (χ1) is 14.1. The highest BCUT2D eigenvalue weighted by Crippen LogP contribution is 2.53. The molecule has 140 valence electrons. The highest BCUT2D eigenvalue weighted by atomic mass is 15.0. The van der Waals surface area contributed by atoms with Crippen molar-refractivity contribution in [3.05, 3.63) is 102 Å². The fraction of sp³-hybridized carbons (Fsp3) is 0.143. The van der Waals surface area contributed by atoms with Gasteiger partial charge in [-0.15, -0.1) is 0 Å². The van der Waals surface area contributed by atoms with Crippen molar-refractivity contribution in [2.45, 2.75) is 26.2 Å². The zero-order valence-electron chi connectivity index (χ0n) is 17.0. The fourth-order valence-electron chi connectivity index (χ4n) is 5.37. The van der Waals surface area contributed by atoms with E-state index < -0.39 is 0 Å². The summed E-state index contributed by atoms with van der Waals surface area (Å²) in [5.41, 5.74) is 10.8. The SMILES string of the molecule is Cc1cc2c(c3c1c1ccccc1n3-c1ccccc1)-c1ccccc1C2(C)C. The Hall–Kier alpha value is -3.32. The van der Waals surface area contributed by atoms with Crippen LogP contribution in [0.3, 0.4) is 0 Å². The van der Waals surface area contributed by atoms with Gasteiger partial charge in [-0.3, -0.25) is 0 Å². The molecule has 1 heterocycles. The van der Waals surface area contributed by atoms with Crippen LogP contribution >= 0.6 is 0 Å². The van der Waals surface area contributed by atoms with E-state index in [2.05, 4.69) is 110 Å². The van der Waals surface area contributed by atoms with E-state index in [1.807, 2.05) is 0 Å². The summed E-state index contributed by atoms with van der Waals surface area (Å²) in [4.78, 5) is 0. The first kappa shape index (κ1) is 16.6. The van der Waals surface area contributed by atoms with Gasteiger partial charge < -0.3 is 4.57 Å². The van der Waals surface area contributed by atoms with Gasteiger partial charge in [-0.1, -0.05) is 80.6 Å². The lowest BCUT2D eigenvalue weighted by molar-refractivity contribution is 0.660. The molecular weight excluding hydrogens is 350 g/mol. The molecule has 6 rings (SSSR count). The van der Waals surface area contributed by atoms with Crippen LogP contribution in [0.4, 0.5) is 0 Å². The molecule has 5 aromatic rings. The van der Waals surface area contributed by atoms with E-state index in [9.17, 15) is 0 Å². The third-order valence-corrected chi connectivity index (χ3v) is 6.69. The summed E-state index contributed by atoms with van der Waals surface area (Å²) in [6.45, 7) is 6.99. The van der Waals surface area contributed by atoms with Gasteiger partial charge in [0.25, 0.3) is 0 Å². The maximum Gasteiger partial charge on any atom is 0.0625 e. The van der Waals surface area contributed by atoms with Crippen molar-refractivity contribution >= 4 is 21.8 Å². The lowest BCUT2D eigenvalue weighted by atomic mass is 9.81. The largest absolute Gasteiger partial charge is 0.309 e. The summed E-state index contributed by atoms with van der Waals surface area (Å²) in [5, 5.41) is 2.70. The number of para-hydroxylation sites is 2. The van der Waals surface area contributed by atoms with Crippen LogP contribution in [-0.2, 0) is 5.41 Å². The number of rotatable bonds is 1. The van der Waals surface area contributed by atoms with Gasteiger partial charge in [0, 0.05) is 27.4 Å². The van der Waals surface area contributed by atoms with Crippen LogP contribution in [0.1, 0.15) is 30.5 Å². The van der Waals surface area contributed by atoms with Crippen LogP contribution in [-0.4, -0.2) is 4.57 Å². The second kappa shape index (κ2) is 5.61. The Kier molecular flexibility index (Phi) is 3.21. The second-order valence-electron chi connectivity index (χ2n) is 8.70. The van der Waals surface area contributed by atoms with E-state index in [-0.39, 0.29) is 5.41 Å². The lowest BCUT2D eigenvalue weighted by Crippen LogP contribution is -2.15. The van der Waals surface area contributed by atoms with E-state index in [0.29, 0.717) is 0 Å². The Morgan fingerprint density at radius 3 is 2.24 bits per heavy atom. The monoisotopic (exact) mass is 373 g/mol. The molecule has 1 nitrogen and oxygen atoms in total. The van der Waals surface area contributed by atoms with Gasteiger partial charge in [-0.25, -0.2) is 0 Å². The van der Waals surface area contributed by atoms with Gasteiger partial charge in [0.2, 0.25) is 0 Å². The topological polar surface area (TPSA) is 4.93 Å². The maximum absolute atomic E-state index is 2.47. The molecule has 0 aliphatic heterocycles. The quantitative estimate of drug-likeness (QED) is 0.288. The molecule has 0 atom stereocenters. The summed E-state index contributed by atoms with van der Waals surface area (Å²) in [6, 6.07) is 31.0. The third kappa shape index (κ3) is 2.05. The zero-order chi connectivity index (χ0) is 19.8. The summed E-state index contributed by atoms with van der Waals surface area (Å²) >= 11 is 0. The van der Waals surface area contributed by atoms with Gasteiger partial charge >= 0.3 is 0 Å². The van der Waals surface area contributed by atoms with E-state index >= 15 is 0 Å². The smallest absolute Gasteiger partial charge is 0.0625 e. The standard InChI is InChI=1S/C28H23N/c1-18-17-23-26(20-13-7-9-15-22(20)28(23,2)3)27-25(18)21-14-8-10-16-24(21)29(27)19-11-5-4-6-12-19/h4-17H,1-3H3. The number of benzene rings is 4. The van der Waals surface area contributed by atoms with E-state index in [4.69, 9.17) is 0 Å². The average molecular weight is 373 g/mol. The molecule has 0 bridgehead atoms. The van der Waals surface area contributed by atoms with Gasteiger partial charge in [-0.05, 0) is 47.4 Å². The predicted octanol–water partition coefficient (Wildman–Crippen LogP) is 7.40. The van der Waals surface area contributed by atoms with E-state index in [1.54, 1.807) is 0 Å². The molecule has 0 unspecified atom stereocenters. The van der Waals surface area contributed by atoms with Gasteiger partial charge in [0.1, 0.15) is 0 Å². The van der Waals surface area contributed by atoms with Crippen LogP contribution in [0.25, 0.3) is 38.6 Å². The third-order valence-electron chi connectivity index (χ3n) is 6.69. The summed E-state index contributed by atoms with van der Waals surface area (Å²) in [6.07, 6.45) is 0. The van der Waals surface area contributed by atoms with Crippen molar-refractivity contribution < 1.29 is 0 Å². The van der Waals surface area contributed by atoms with E-state index in [0.717, 1.165) is 0 Å². The Morgan fingerprint density at radius 2 is 1.41 bits per heavy atom. The Bertz CT molecular complexity index is 1420. The molecule has 1 aromatic heterocycles. The van der Waals surface area contributed by atoms with Crippen LogP contribution in [0.5, 0.6) is 0 Å². The summed E-state index contributed by atoms with van der Waals surface area (Å²) in [7, 11) is 0. The van der Waals surface area contributed by atoms with Gasteiger partial charge in [0.15, 0.2) is 0 Å². The zero-order valence-corrected chi connectivity index (χ0v) is 17.0. The highest BCUT2D eigenvalue weighted by Gasteiger charge is 2.38. The van der Waals surface area contributed by atoms with Crippen LogP contribution in [0, 0.1) is 6.92 Å². The molecule has 0 spiro atoms. The minimum absolute atomic E-state index is 0.00283. The van der Waals surface area contributed by atoms with Gasteiger partial charge in [-0.2, -0.15) is 0 Å². The minimum Gasteiger partial charge on any atom is -0.309 e. The highest BCUT2D eigenvalue weighted by molar-refractivity contribution is 6.17. The Morgan fingerprint density at radius 1 is 0.724 bits per heavy atom. The van der Waals surface area contributed by atoms with E-state index in [1.165, 1.54) is 55.3 Å². The molecular formula is C28H23N. The summed E-state index contributed by atoms with van der Waals surface area (Å²) < 4.78 is 2.47.